The summed E-state index contributed by atoms with van der Waals surface area (Å²) in [6.45, 7) is 3.87. The Morgan fingerprint density at radius 1 is 1.10 bits per heavy atom. The van der Waals surface area contributed by atoms with Crippen LogP contribution < -0.4 is 0 Å². The van der Waals surface area contributed by atoms with Crippen molar-refractivity contribution in [3.8, 4) is 0 Å². The molecule has 0 bridgehead atoms. The lowest BCUT2D eigenvalue weighted by Gasteiger charge is -2.00. The van der Waals surface area contributed by atoms with E-state index in [1.807, 2.05) is 19.9 Å². The van der Waals surface area contributed by atoms with Crippen molar-refractivity contribution in [1.29, 1.82) is 0 Å². The van der Waals surface area contributed by atoms with Crippen LogP contribution in [0, 0.1) is 19.9 Å². The third kappa shape index (κ3) is 1.44. The molecule has 0 aromatic heterocycles. The zero-order valence-corrected chi connectivity index (χ0v) is 7.35. The van der Waals surface area contributed by atoms with Crippen molar-refractivity contribution in [2.24, 2.45) is 0 Å². The number of hydrogen-bond acceptors (Lipinski definition) is 0. The fourth-order valence-corrected chi connectivity index (χ4v) is 1.09. The minimum Gasteiger partial charge on any atom is -0.0833 e. The molecule has 10 heavy (non-hydrogen) atoms. The van der Waals surface area contributed by atoms with E-state index in [9.17, 15) is 0 Å². The smallest absolute Gasteiger partial charge is 0.0529 e. The molecule has 0 aliphatic heterocycles. The average Bonchev–Trinajstić information content (AvgIpc) is 1.84. The van der Waals surface area contributed by atoms with Gasteiger partial charge in [-0.15, -0.1) is 0 Å². The van der Waals surface area contributed by atoms with Crippen molar-refractivity contribution in [1.82, 2.24) is 0 Å². The van der Waals surface area contributed by atoms with E-state index >= 15 is 0 Å². The van der Waals surface area contributed by atoms with Crippen molar-refractivity contribution in [3.05, 3.63) is 33.3 Å². The highest BCUT2D eigenvalue weighted by atomic mass is 35.5. The van der Waals surface area contributed by atoms with Crippen LogP contribution in [0.25, 0.3) is 0 Å². The minimum atomic E-state index is 0.607. The third-order valence-electron chi connectivity index (χ3n) is 1.34. The van der Waals surface area contributed by atoms with Crippen LogP contribution in [0.5, 0.6) is 0 Å². The van der Waals surface area contributed by atoms with Crippen LogP contribution in [-0.4, -0.2) is 0 Å². The van der Waals surface area contributed by atoms with Crippen LogP contribution in [0.2, 0.25) is 10.0 Å². The summed E-state index contributed by atoms with van der Waals surface area (Å²) in [5.74, 6) is 0. The highest BCUT2D eigenvalue weighted by Crippen LogP contribution is 2.22. The molecule has 0 saturated heterocycles. The first kappa shape index (κ1) is 7.90. The predicted octanol–water partition coefficient (Wildman–Crippen LogP) is 3.41. The Morgan fingerprint density at radius 2 is 1.50 bits per heavy atom. The van der Waals surface area contributed by atoms with Gasteiger partial charge in [0, 0.05) is 6.07 Å². The van der Waals surface area contributed by atoms with Gasteiger partial charge in [-0.3, -0.25) is 0 Å². The molecule has 0 spiro atoms. The number of hydrogen-bond donors (Lipinski definition) is 0. The van der Waals surface area contributed by atoms with E-state index in [1.54, 1.807) is 0 Å². The van der Waals surface area contributed by atoms with E-state index < -0.39 is 0 Å². The molecule has 53 valence electrons. The molecule has 0 aliphatic carbocycles. The summed E-state index contributed by atoms with van der Waals surface area (Å²) < 4.78 is 0. The van der Waals surface area contributed by atoms with Gasteiger partial charge in [0.15, 0.2) is 0 Å². The number of rotatable bonds is 0. The standard InChI is InChI=1S/C8H7Cl2/c1-5-3-6(2)8(10)4-7(5)9/h3H,1-2H3. The SMILES string of the molecule is Cc1cc(C)c(Cl)[c]c1Cl. The molecule has 1 radical (unpaired) electrons. The quantitative estimate of drug-likeness (QED) is 0.565. The fraction of sp³-hybridized carbons (Fsp3) is 0.250. The molecule has 0 nitrogen and oxygen atoms in total. The van der Waals surface area contributed by atoms with Crippen molar-refractivity contribution in [2.45, 2.75) is 13.8 Å². The molecule has 1 rings (SSSR count). The summed E-state index contributed by atoms with van der Waals surface area (Å²) >= 11 is 11.5. The summed E-state index contributed by atoms with van der Waals surface area (Å²) in [7, 11) is 0. The summed E-state index contributed by atoms with van der Waals surface area (Å²) in [5.41, 5.74) is 2.03. The number of benzene rings is 1. The first-order valence-electron chi connectivity index (χ1n) is 2.96. The second kappa shape index (κ2) is 2.81. The highest BCUT2D eigenvalue weighted by molar-refractivity contribution is 6.35. The molecule has 0 fully saturated rings. The Labute approximate surface area is 70.8 Å². The van der Waals surface area contributed by atoms with Crippen LogP contribution >= 0.6 is 23.2 Å². The van der Waals surface area contributed by atoms with Gasteiger partial charge in [-0.1, -0.05) is 29.3 Å². The molecule has 0 aliphatic rings. The van der Waals surface area contributed by atoms with Gasteiger partial charge in [0.05, 0.1) is 10.0 Å². The van der Waals surface area contributed by atoms with Crippen molar-refractivity contribution < 1.29 is 0 Å². The monoisotopic (exact) mass is 173 g/mol. The van der Waals surface area contributed by atoms with Crippen LogP contribution in [0.4, 0.5) is 0 Å². The van der Waals surface area contributed by atoms with Crippen LogP contribution in [-0.2, 0) is 0 Å². The average molecular weight is 174 g/mol. The van der Waals surface area contributed by atoms with Gasteiger partial charge in [-0.05, 0) is 25.0 Å². The first-order chi connectivity index (χ1) is 4.61. The molecule has 0 unspecified atom stereocenters. The van der Waals surface area contributed by atoms with E-state index in [-0.39, 0.29) is 0 Å². The van der Waals surface area contributed by atoms with Crippen LogP contribution in [0.3, 0.4) is 0 Å². The second-order valence-corrected chi connectivity index (χ2v) is 3.02. The van der Waals surface area contributed by atoms with E-state index in [0.29, 0.717) is 10.0 Å². The maximum atomic E-state index is 5.75. The van der Waals surface area contributed by atoms with Crippen molar-refractivity contribution in [2.75, 3.05) is 0 Å². The van der Waals surface area contributed by atoms with Crippen molar-refractivity contribution >= 4 is 23.2 Å². The van der Waals surface area contributed by atoms with Crippen LogP contribution in [0.1, 0.15) is 11.1 Å². The maximum absolute atomic E-state index is 5.75. The fourth-order valence-electron chi connectivity index (χ4n) is 0.745. The minimum absolute atomic E-state index is 0.607. The van der Waals surface area contributed by atoms with E-state index in [4.69, 9.17) is 23.2 Å². The largest absolute Gasteiger partial charge is 0.0833 e. The zero-order chi connectivity index (χ0) is 7.72. The number of aryl methyl sites for hydroxylation is 2. The van der Waals surface area contributed by atoms with E-state index in [0.717, 1.165) is 11.1 Å². The van der Waals surface area contributed by atoms with Gasteiger partial charge in [-0.25, -0.2) is 0 Å². The van der Waals surface area contributed by atoms with Gasteiger partial charge in [0.1, 0.15) is 0 Å². The maximum Gasteiger partial charge on any atom is 0.0529 e. The van der Waals surface area contributed by atoms with Crippen LogP contribution in [0.15, 0.2) is 6.07 Å². The molecule has 0 atom stereocenters. The molecule has 0 heterocycles. The Morgan fingerprint density at radius 3 is 1.80 bits per heavy atom. The van der Waals surface area contributed by atoms with Gasteiger partial charge < -0.3 is 0 Å². The lowest BCUT2D eigenvalue weighted by atomic mass is 10.2. The molecule has 1 aromatic carbocycles. The summed E-state index contributed by atoms with van der Waals surface area (Å²) in [4.78, 5) is 0. The molecule has 0 amide bonds. The highest BCUT2D eigenvalue weighted by Gasteiger charge is 1.99. The molecule has 0 saturated carbocycles. The Kier molecular flexibility index (Phi) is 2.22. The lowest BCUT2D eigenvalue weighted by Crippen LogP contribution is -1.79. The zero-order valence-electron chi connectivity index (χ0n) is 5.83. The van der Waals surface area contributed by atoms with E-state index in [1.165, 1.54) is 0 Å². The summed E-state index contributed by atoms with van der Waals surface area (Å²) in [6.07, 6.45) is 0. The number of halogens is 2. The van der Waals surface area contributed by atoms with Gasteiger partial charge in [0.25, 0.3) is 0 Å². The Hall–Kier alpha value is -0.200. The lowest BCUT2D eigenvalue weighted by molar-refractivity contribution is 1.38. The first-order valence-corrected chi connectivity index (χ1v) is 3.71. The predicted molar refractivity (Wildman–Crippen MR) is 44.8 cm³/mol. The van der Waals surface area contributed by atoms with Gasteiger partial charge in [-0.2, -0.15) is 0 Å². The second-order valence-electron chi connectivity index (χ2n) is 2.26. The molecule has 2 heteroatoms. The van der Waals surface area contributed by atoms with E-state index in [2.05, 4.69) is 6.07 Å². The summed E-state index contributed by atoms with van der Waals surface area (Å²) in [5, 5.41) is 1.21. The molecular weight excluding hydrogens is 167 g/mol. The Balaban J connectivity index is 3.28. The topological polar surface area (TPSA) is 0 Å². The normalized spacial score (nSPS) is 10.0. The molecule has 0 N–H and O–H groups in total. The summed E-state index contributed by atoms with van der Waals surface area (Å²) in [6, 6.07) is 4.78. The molecule has 1 aromatic rings. The Bertz CT molecular complexity index is 203. The van der Waals surface area contributed by atoms with Crippen molar-refractivity contribution in [3.63, 3.8) is 0 Å². The molecular formula is C8H7Cl2. The van der Waals surface area contributed by atoms with Gasteiger partial charge >= 0.3 is 0 Å². The van der Waals surface area contributed by atoms with Gasteiger partial charge in [0.2, 0.25) is 0 Å². The third-order valence-corrected chi connectivity index (χ3v) is 2.13.